The summed E-state index contributed by atoms with van der Waals surface area (Å²) in [5, 5.41) is 3.28. The predicted molar refractivity (Wildman–Crippen MR) is 49.3 cm³/mol. The number of hydrogen-bond acceptors (Lipinski definition) is 1. The molecule has 0 fully saturated rings. The first kappa shape index (κ1) is 8.12. The molecule has 0 radical (unpaired) electrons. The molecule has 0 amide bonds. The molecule has 0 aromatic carbocycles. The summed E-state index contributed by atoms with van der Waals surface area (Å²) in [7, 11) is 0. The predicted octanol–water partition coefficient (Wildman–Crippen LogP) is 2.38. The van der Waals surface area contributed by atoms with Crippen molar-refractivity contribution >= 4 is 0 Å². The van der Waals surface area contributed by atoms with Crippen LogP contribution in [0.25, 0.3) is 0 Å². The van der Waals surface area contributed by atoms with Crippen molar-refractivity contribution in [3.63, 3.8) is 0 Å². The van der Waals surface area contributed by atoms with Crippen LogP contribution in [-0.2, 0) is 0 Å². The maximum absolute atomic E-state index is 3.28. The molecule has 1 aliphatic heterocycles. The molecule has 0 bridgehead atoms. The molecule has 0 saturated carbocycles. The molecular formula is C10H15N. The van der Waals surface area contributed by atoms with Crippen LogP contribution in [0.4, 0.5) is 0 Å². The third-order valence-electron chi connectivity index (χ3n) is 1.80. The van der Waals surface area contributed by atoms with Gasteiger partial charge in [-0.1, -0.05) is 30.7 Å². The molecule has 1 aliphatic rings. The Labute approximate surface area is 68.5 Å². The molecule has 0 aliphatic carbocycles. The number of nitrogens with one attached hydrogen (secondary N) is 1. The highest BCUT2D eigenvalue weighted by Gasteiger charge is 1.97. The van der Waals surface area contributed by atoms with Crippen LogP contribution >= 0.6 is 0 Å². The van der Waals surface area contributed by atoms with E-state index in [0.717, 1.165) is 6.42 Å². The lowest BCUT2D eigenvalue weighted by Gasteiger charge is -2.11. The van der Waals surface area contributed by atoms with Crippen LogP contribution in [0, 0.1) is 0 Å². The molecule has 60 valence electrons. The van der Waals surface area contributed by atoms with Gasteiger partial charge in [0.1, 0.15) is 0 Å². The molecule has 1 heterocycles. The molecule has 0 aromatic heterocycles. The smallest absolute Gasteiger partial charge is 0.0439 e. The van der Waals surface area contributed by atoms with Gasteiger partial charge in [-0.2, -0.15) is 0 Å². The summed E-state index contributed by atoms with van der Waals surface area (Å²) in [6.45, 7) is 4.29. The van der Waals surface area contributed by atoms with E-state index in [1.807, 2.05) is 12.3 Å². The molecular weight excluding hydrogens is 134 g/mol. The first-order valence-corrected chi connectivity index (χ1v) is 4.10. The Morgan fingerprint density at radius 3 is 3.09 bits per heavy atom. The van der Waals surface area contributed by atoms with Gasteiger partial charge >= 0.3 is 0 Å². The minimum Gasteiger partial charge on any atom is -0.385 e. The fraction of sp³-hybridized carbons (Fsp3) is 0.400. The van der Waals surface area contributed by atoms with Crippen LogP contribution in [0.15, 0.2) is 36.1 Å². The molecule has 1 atom stereocenters. The van der Waals surface area contributed by atoms with Gasteiger partial charge in [0.25, 0.3) is 0 Å². The number of rotatable bonds is 1. The molecule has 1 heteroatoms. The fourth-order valence-electron chi connectivity index (χ4n) is 1.01. The summed E-state index contributed by atoms with van der Waals surface area (Å²) in [5.74, 6) is 0. The van der Waals surface area contributed by atoms with Crippen molar-refractivity contribution in [3.8, 4) is 0 Å². The van der Waals surface area contributed by atoms with Crippen molar-refractivity contribution in [2.75, 3.05) is 0 Å². The highest BCUT2D eigenvalue weighted by Crippen LogP contribution is 2.02. The lowest BCUT2D eigenvalue weighted by molar-refractivity contribution is 0.675. The van der Waals surface area contributed by atoms with Crippen molar-refractivity contribution in [1.82, 2.24) is 5.32 Å². The summed E-state index contributed by atoms with van der Waals surface area (Å²) < 4.78 is 0. The van der Waals surface area contributed by atoms with E-state index in [1.54, 1.807) is 0 Å². The van der Waals surface area contributed by atoms with Gasteiger partial charge in [-0.05, 0) is 25.6 Å². The lowest BCUT2D eigenvalue weighted by Crippen LogP contribution is -2.20. The van der Waals surface area contributed by atoms with Gasteiger partial charge < -0.3 is 5.32 Å². The molecule has 0 spiro atoms. The second-order valence-corrected chi connectivity index (χ2v) is 2.81. The van der Waals surface area contributed by atoms with Crippen molar-refractivity contribution in [2.45, 2.75) is 26.3 Å². The third-order valence-corrected chi connectivity index (χ3v) is 1.80. The van der Waals surface area contributed by atoms with Crippen molar-refractivity contribution in [3.05, 3.63) is 36.1 Å². The second-order valence-electron chi connectivity index (χ2n) is 2.81. The average Bonchev–Trinajstić information content (AvgIpc) is 1.98. The van der Waals surface area contributed by atoms with Crippen LogP contribution in [0.2, 0.25) is 0 Å². The Hall–Kier alpha value is -0.980. The van der Waals surface area contributed by atoms with Gasteiger partial charge in [-0.15, -0.1) is 0 Å². The van der Waals surface area contributed by atoms with Gasteiger partial charge in [0.15, 0.2) is 0 Å². The second kappa shape index (κ2) is 4.02. The minimum atomic E-state index is 0.495. The standard InChI is InChI=1S/C10H15N/c1-3-10-7-6-9(2)5-4-8-11-10/h4-8,10-11H,3H2,1-2H3/b7-6?,8-4-,9-5-. The van der Waals surface area contributed by atoms with E-state index in [9.17, 15) is 0 Å². The highest BCUT2D eigenvalue weighted by molar-refractivity contribution is 5.24. The lowest BCUT2D eigenvalue weighted by atomic mass is 10.1. The van der Waals surface area contributed by atoms with Crippen LogP contribution in [-0.4, -0.2) is 6.04 Å². The zero-order valence-electron chi connectivity index (χ0n) is 7.17. The molecule has 0 saturated heterocycles. The SMILES string of the molecule is CCC1C=C/C(C)=C\C=C/N1. The van der Waals surface area contributed by atoms with E-state index >= 15 is 0 Å². The minimum absolute atomic E-state index is 0.495. The van der Waals surface area contributed by atoms with Gasteiger partial charge in [-0.3, -0.25) is 0 Å². The quantitative estimate of drug-likeness (QED) is 0.603. The topological polar surface area (TPSA) is 12.0 Å². The van der Waals surface area contributed by atoms with Gasteiger partial charge in [-0.25, -0.2) is 0 Å². The third kappa shape index (κ3) is 2.62. The molecule has 1 rings (SSSR count). The zero-order valence-corrected chi connectivity index (χ0v) is 7.17. The first-order valence-electron chi connectivity index (χ1n) is 4.10. The van der Waals surface area contributed by atoms with Crippen LogP contribution < -0.4 is 5.32 Å². The summed E-state index contributed by atoms with van der Waals surface area (Å²) in [4.78, 5) is 0. The Balaban J connectivity index is 2.67. The Morgan fingerprint density at radius 2 is 2.36 bits per heavy atom. The molecule has 1 unspecified atom stereocenters. The van der Waals surface area contributed by atoms with Crippen molar-refractivity contribution in [1.29, 1.82) is 0 Å². The monoisotopic (exact) mass is 149 g/mol. The summed E-state index contributed by atoms with van der Waals surface area (Å²) in [6.07, 6.45) is 11.6. The molecule has 1 N–H and O–H groups in total. The normalized spacial score (nSPS) is 31.1. The van der Waals surface area contributed by atoms with Crippen molar-refractivity contribution < 1.29 is 0 Å². The van der Waals surface area contributed by atoms with Crippen LogP contribution in [0.5, 0.6) is 0 Å². The van der Waals surface area contributed by atoms with E-state index in [1.165, 1.54) is 5.57 Å². The number of hydrogen-bond donors (Lipinski definition) is 1. The average molecular weight is 149 g/mol. The number of allylic oxidation sites excluding steroid dienone is 4. The van der Waals surface area contributed by atoms with E-state index < -0.39 is 0 Å². The molecule has 11 heavy (non-hydrogen) atoms. The maximum atomic E-state index is 3.28. The van der Waals surface area contributed by atoms with Crippen molar-refractivity contribution in [2.24, 2.45) is 0 Å². The highest BCUT2D eigenvalue weighted by atomic mass is 14.9. The molecule has 1 nitrogen and oxygen atoms in total. The Morgan fingerprint density at radius 1 is 1.55 bits per heavy atom. The van der Waals surface area contributed by atoms with E-state index in [2.05, 4.69) is 37.4 Å². The first-order chi connectivity index (χ1) is 5.33. The summed E-state index contributed by atoms with van der Waals surface area (Å²) >= 11 is 0. The fourth-order valence-corrected chi connectivity index (χ4v) is 1.01. The van der Waals surface area contributed by atoms with Gasteiger partial charge in [0.05, 0.1) is 0 Å². The van der Waals surface area contributed by atoms with E-state index in [4.69, 9.17) is 0 Å². The van der Waals surface area contributed by atoms with E-state index in [-0.39, 0.29) is 0 Å². The molecule has 0 aromatic rings. The Bertz CT molecular complexity index is 199. The van der Waals surface area contributed by atoms with E-state index in [0.29, 0.717) is 6.04 Å². The van der Waals surface area contributed by atoms with Gasteiger partial charge in [0, 0.05) is 6.04 Å². The van der Waals surface area contributed by atoms with Crippen LogP contribution in [0.3, 0.4) is 0 Å². The van der Waals surface area contributed by atoms with Crippen LogP contribution in [0.1, 0.15) is 20.3 Å². The van der Waals surface area contributed by atoms with Gasteiger partial charge in [0.2, 0.25) is 0 Å². The summed E-state index contributed by atoms with van der Waals surface area (Å²) in [5.41, 5.74) is 1.31. The Kier molecular flexibility index (Phi) is 2.96. The summed E-state index contributed by atoms with van der Waals surface area (Å²) in [6, 6.07) is 0.495. The maximum Gasteiger partial charge on any atom is 0.0439 e. The largest absolute Gasteiger partial charge is 0.385 e. The zero-order chi connectivity index (χ0) is 8.10.